The van der Waals surface area contributed by atoms with Crippen molar-refractivity contribution in [1.82, 2.24) is 0 Å². The third-order valence-electron chi connectivity index (χ3n) is 2.37. The van der Waals surface area contributed by atoms with E-state index in [1.807, 2.05) is 6.07 Å². The van der Waals surface area contributed by atoms with Gasteiger partial charge in [0.15, 0.2) is 0 Å². The molecule has 0 atom stereocenters. The van der Waals surface area contributed by atoms with Gasteiger partial charge in [-0.2, -0.15) is 15.5 Å². The van der Waals surface area contributed by atoms with Crippen LogP contribution < -0.4 is 5.73 Å². The molecule has 0 saturated carbocycles. The zero-order valence-electron chi connectivity index (χ0n) is 9.82. The molecule has 0 saturated heterocycles. The lowest BCUT2D eigenvalue weighted by Crippen LogP contribution is -1.80. The number of benzene rings is 2. The number of nitroso groups, excluding NO2 is 1. The first-order valence-corrected chi connectivity index (χ1v) is 5.38. The molecule has 6 heteroatoms. The number of hydrogen-bond donors (Lipinski definition) is 1. The van der Waals surface area contributed by atoms with Gasteiger partial charge in [-0.1, -0.05) is 0 Å². The van der Waals surface area contributed by atoms with E-state index in [0.717, 1.165) is 0 Å². The first kappa shape index (κ1) is 12.4. The number of nitrogens with zero attached hydrogens (tertiary/aromatic N) is 4. The molecular weight excluding hydrogens is 242 g/mol. The maximum absolute atomic E-state index is 10.4. The van der Waals surface area contributed by atoms with Crippen molar-refractivity contribution in [2.24, 2.45) is 15.4 Å². The number of nitrogens with two attached hydrogens (primary N) is 1. The van der Waals surface area contributed by atoms with Gasteiger partial charge in [-0.3, -0.25) is 0 Å². The minimum Gasteiger partial charge on any atom is -0.399 e. The minimum atomic E-state index is 0.0916. The van der Waals surface area contributed by atoms with Gasteiger partial charge >= 0.3 is 0 Å². The third-order valence-corrected chi connectivity index (χ3v) is 2.37. The Morgan fingerprint density at radius 1 is 1.00 bits per heavy atom. The zero-order valence-corrected chi connectivity index (χ0v) is 9.82. The number of nitrogen functional groups attached to an aromatic ring is 1. The fourth-order valence-electron chi connectivity index (χ4n) is 1.41. The van der Waals surface area contributed by atoms with Crippen LogP contribution in [0.2, 0.25) is 0 Å². The highest BCUT2D eigenvalue weighted by atomic mass is 16.3. The van der Waals surface area contributed by atoms with Crippen LogP contribution in [0.3, 0.4) is 0 Å². The van der Waals surface area contributed by atoms with Gasteiger partial charge < -0.3 is 5.73 Å². The maximum Gasteiger partial charge on any atom is 0.125 e. The standard InChI is InChI=1S/C13H9N5O/c14-8-9-7-12(5-6-13(9)18-19)17-16-11-3-1-10(15)2-4-11/h1-7H,15H2. The van der Waals surface area contributed by atoms with E-state index in [2.05, 4.69) is 15.4 Å². The highest BCUT2D eigenvalue weighted by Crippen LogP contribution is 2.25. The molecule has 0 aromatic heterocycles. The van der Waals surface area contributed by atoms with Crippen molar-refractivity contribution in [2.75, 3.05) is 5.73 Å². The number of rotatable bonds is 3. The normalized spacial score (nSPS) is 10.3. The van der Waals surface area contributed by atoms with Crippen molar-refractivity contribution in [3.8, 4) is 6.07 Å². The van der Waals surface area contributed by atoms with Gasteiger partial charge in [-0.25, -0.2) is 0 Å². The van der Waals surface area contributed by atoms with Crippen LogP contribution in [-0.2, 0) is 0 Å². The van der Waals surface area contributed by atoms with Gasteiger partial charge in [0.2, 0.25) is 0 Å². The molecule has 2 aromatic rings. The Bertz CT molecular complexity index is 670. The average Bonchev–Trinajstić information content (AvgIpc) is 2.46. The van der Waals surface area contributed by atoms with E-state index in [1.54, 1.807) is 30.3 Å². The first-order valence-electron chi connectivity index (χ1n) is 5.38. The Morgan fingerprint density at radius 3 is 2.26 bits per heavy atom. The van der Waals surface area contributed by atoms with Crippen LogP contribution in [-0.4, -0.2) is 0 Å². The molecule has 0 aliphatic heterocycles. The molecule has 0 aliphatic carbocycles. The van der Waals surface area contributed by atoms with Crippen LogP contribution in [0.1, 0.15) is 5.56 Å². The quantitative estimate of drug-likeness (QED) is 0.507. The van der Waals surface area contributed by atoms with Crippen molar-refractivity contribution < 1.29 is 0 Å². The highest BCUT2D eigenvalue weighted by molar-refractivity contribution is 5.59. The fourth-order valence-corrected chi connectivity index (χ4v) is 1.41. The van der Waals surface area contributed by atoms with Crippen LogP contribution in [0.5, 0.6) is 0 Å². The second kappa shape index (κ2) is 5.51. The van der Waals surface area contributed by atoms with Gasteiger partial charge in [0.05, 0.1) is 16.9 Å². The molecule has 6 nitrogen and oxygen atoms in total. The molecule has 0 spiro atoms. The van der Waals surface area contributed by atoms with Gasteiger partial charge in [-0.15, -0.1) is 4.91 Å². The Morgan fingerprint density at radius 2 is 1.63 bits per heavy atom. The van der Waals surface area contributed by atoms with E-state index in [9.17, 15) is 4.91 Å². The number of nitriles is 1. The SMILES string of the molecule is N#Cc1cc(N=Nc2ccc(N)cc2)ccc1N=O. The van der Waals surface area contributed by atoms with Gasteiger partial charge in [-0.05, 0) is 47.6 Å². The summed E-state index contributed by atoms with van der Waals surface area (Å²) in [5.74, 6) is 0. The molecule has 2 aromatic carbocycles. The summed E-state index contributed by atoms with van der Waals surface area (Å²) in [6.07, 6.45) is 0. The molecule has 0 radical (unpaired) electrons. The van der Waals surface area contributed by atoms with E-state index in [0.29, 0.717) is 17.1 Å². The van der Waals surface area contributed by atoms with Crippen molar-refractivity contribution in [3.05, 3.63) is 52.9 Å². The topological polar surface area (TPSA) is 104 Å². The average molecular weight is 251 g/mol. The summed E-state index contributed by atoms with van der Waals surface area (Å²) in [7, 11) is 0. The van der Waals surface area contributed by atoms with Gasteiger partial charge in [0.1, 0.15) is 11.8 Å². The van der Waals surface area contributed by atoms with Crippen LogP contribution in [0.25, 0.3) is 0 Å². The second-order valence-corrected chi connectivity index (χ2v) is 3.70. The lowest BCUT2D eigenvalue weighted by atomic mass is 10.2. The molecule has 2 rings (SSSR count). The molecule has 0 aliphatic rings. The Balaban J connectivity index is 2.26. The third kappa shape index (κ3) is 2.98. The molecule has 0 amide bonds. The maximum atomic E-state index is 10.4. The van der Waals surface area contributed by atoms with Crippen LogP contribution >= 0.6 is 0 Å². The Labute approximate surface area is 109 Å². The number of anilines is 1. The van der Waals surface area contributed by atoms with E-state index < -0.39 is 0 Å². The predicted octanol–water partition coefficient (Wildman–Crippen LogP) is 3.95. The molecular formula is C13H9N5O. The lowest BCUT2D eigenvalue weighted by molar-refractivity contribution is 1.23. The summed E-state index contributed by atoms with van der Waals surface area (Å²) in [6.45, 7) is 0. The van der Waals surface area contributed by atoms with Crippen molar-refractivity contribution in [3.63, 3.8) is 0 Å². The summed E-state index contributed by atoms with van der Waals surface area (Å²) >= 11 is 0. The second-order valence-electron chi connectivity index (χ2n) is 3.70. The van der Waals surface area contributed by atoms with E-state index in [4.69, 9.17) is 11.0 Å². The first-order chi connectivity index (χ1) is 9.22. The van der Waals surface area contributed by atoms with E-state index >= 15 is 0 Å². The lowest BCUT2D eigenvalue weighted by Gasteiger charge is -1.96. The zero-order chi connectivity index (χ0) is 13.7. The summed E-state index contributed by atoms with van der Waals surface area (Å²) in [5, 5.41) is 19.6. The number of hydrogen-bond acceptors (Lipinski definition) is 6. The fraction of sp³-hybridized carbons (Fsp3) is 0. The molecule has 0 fully saturated rings. The van der Waals surface area contributed by atoms with Crippen molar-refractivity contribution in [2.45, 2.75) is 0 Å². The van der Waals surface area contributed by atoms with Crippen LogP contribution in [0.4, 0.5) is 22.7 Å². The van der Waals surface area contributed by atoms with Crippen molar-refractivity contribution >= 4 is 22.7 Å². The minimum absolute atomic E-state index is 0.0916. The van der Waals surface area contributed by atoms with E-state index in [-0.39, 0.29) is 11.3 Å². The Kier molecular flexibility index (Phi) is 3.59. The molecule has 0 unspecified atom stereocenters. The van der Waals surface area contributed by atoms with Gasteiger partial charge in [0, 0.05) is 5.69 Å². The summed E-state index contributed by atoms with van der Waals surface area (Å²) in [4.78, 5) is 10.4. The molecule has 0 bridgehead atoms. The van der Waals surface area contributed by atoms with E-state index in [1.165, 1.54) is 12.1 Å². The summed E-state index contributed by atoms with van der Waals surface area (Å²) in [6, 6.07) is 13.2. The predicted molar refractivity (Wildman–Crippen MR) is 71.6 cm³/mol. The van der Waals surface area contributed by atoms with Crippen molar-refractivity contribution in [1.29, 1.82) is 5.26 Å². The largest absolute Gasteiger partial charge is 0.399 e. The highest BCUT2D eigenvalue weighted by Gasteiger charge is 2.03. The monoisotopic (exact) mass is 251 g/mol. The molecule has 2 N–H and O–H groups in total. The van der Waals surface area contributed by atoms with Crippen LogP contribution in [0.15, 0.2) is 57.9 Å². The summed E-state index contributed by atoms with van der Waals surface area (Å²) < 4.78 is 0. The summed E-state index contributed by atoms with van der Waals surface area (Å²) in [5.41, 5.74) is 7.58. The Hall–Kier alpha value is -3.07. The molecule has 92 valence electrons. The molecule has 19 heavy (non-hydrogen) atoms. The van der Waals surface area contributed by atoms with Crippen LogP contribution in [0, 0.1) is 16.2 Å². The number of azo groups is 1. The molecule has 0 heterocycles. The van der Waals surface area contributed by atoms with Gasteiger partial charge in [0.25, 0.3) is 0 Å². The smallest absolute Gasteiger partial charge is 0.125 e.